The molecule has 0 aromatic rings. The molecule has 0 aliphatic carbocycles. The summed E-state index contributed by atoms with van der Waals surface area (Å²) in [5.41, 5.74) is -2.18. The molecule has 3 N–H and O–H groups in total. The Bertz CT molecular complexity index is 284. The van der Waals surface area contributed by atoms with Gasteiger partial charge in [-0.1, -0.05) is 0 Å². The topological polar surface area (TPSA) is 98.8 Å². The molecule has 0 aromatic heterocycles. The Morgan fingerprint density at radius 1 is 1.18 bits per heavy atom. The molecule has 1 unspecified atom stereocenters. The minimum Gasteiger partial charge on any atom is -0.459 e. The van der Waals surface area contributed by atoms with E-state index < -0.39 is 23.0 Å². The van der Waals surface area contributed by atoms with Gasteiger partial charge in [0.2, 0.25) is 0 Å². The van der Waals surface area contributed by atoms with Crippen molar-refractivity contribution in [3.63, 3.8) is 0 Å². The summed E-state index contributed by atoms with van der Waals surface area (Å²) in [4.78, 5) is 27.6. The number of nitrogens with two attached hydrogens (primary N) is 1. The maximum absolute atomic E-state index is 11.9. The zero-order valence-corrected chi connectivity index (χ0v) is 10.8. The van der Waals surface area contributed by atoms with E-state index in [0.717, 1.165) is 0 Å². The second-order valence-corrected chi connectivity index (χ2v) is 5.07. The van der Waals surface area contributed by atoms with Crippen molar-refractivity contribution in [2.24, 2.45) is 11.3 Å². The molecule has 0 fully saturated rings. The number of hydrogen-bond donors (Lipinski definition) is 2. The van der Waals surface area contributed by atoms with E-state index >= 15 is 0 Å². The van der Waals surface area contributed by atoms with E-state index in [-0.39, 0.29) is 19.4 Å². The van der Waals surface area contributed by atoms with Crippen LogP contribution in [0.25, 0.3) is 0 Å². The van der Waals surface area contributed by atoms with Gasteiger partial charge in [0.15, 0.2) is 5.41 Å². The number of ether oxygens (including phenoxy) is 1. The molecule has 0 heterocycles. The summed E-state index contributed by atoms with van der Waals surface area (Å²) in [5.74, 6) is 3.25. The highest BCUT2D eigenvalue weighted by Gasteiger charge is 2.45. The van der Waals surface area contributed by atoms with Crippen LogP contribution < -0.4 is 5.90 Å². The van der Waals surface area contributed by atoms with Crippen LogP contribution in [0.4, 0.5) is 0 Å². The van der Waals surface area contributed by atoms with Crippen LogP contribution in [-0.4, -0.2) is 29.3 Å². The van der Waals surface area contributed by atoms with Gasteiger partial charge in [-0.15, -0.1) is 0 Å². The average molecular weight is 247 g/mol. The van der Waals surface area contributed by atoms with Crippen molar-refractivity contribution in [1.82, 2.24) is 0 Å². The summed E-state index contributed by atoms with van der Waals surface area (Å²) < 4.78 is 5.15. The van der Waals surface area contributed by atoms with Crippen LogP contribution in [0, 0.1) is 5.41 Å². The summed E-state index contributed by atoms with van der Waals surface area (Å²) >= 11 is 0. The number of esters is 1. The molecule has 0 bridgehead atoms. The molecule has 0 spiro atoms. The maximum atomic E-state index is 11.9. The first kappa shape index (κ1) is 15.9. The third-order valence-corrected chi connectivity index (χ3v) is 2.24. The molecule has 0 aromatic carbocycles. The molecule has 6 nitrogen and oxygen atoms in total. The molecule has 0 aliphatic heterocycles. The molecular weight excluding hydrogens is 226 g/mol. The fourth-order valence-electron chi connectivity index (χ4n) is 1.24. The summed E-state index contributed by atoms with van der Waals surface area (Å²) in [7, 11) is 0. The Labute approximate surface area is 101 Å². The summed E-state index contributed by atoms with van der Waals surface area (Å²) in [6, 6.07) is 0. The fraction of sp³-hybridized carbons (Fsp3) is 0.818. The molecule has 17 heavy (non-hydrogen) atoms. The van der Waals surface area contributed by atoms with E-state index in [9.17, 15) is 9.59 Å². The second kappa shape index (κ2) is 5.97. The highest BCUT2D eigenvalue weighted by atomic mass is 16.7. The Morgan fingerprint density at radius 2 is 1.71 bits per heavy atom. The Balaban J connectivity index is 4.91. The SMILES string of the molecule is CC(C)(C)OC(=O)C(C)(CCCO)C(=O)ON. The highest BCUT2D eigenvalue weighted by Crippen LogP contribution is 2.28. The maximum Gasteiger partial charge on any atom is 0.341 e. The third kappa shape index (κ3) is 4.70. The van der Waals surface area contributed by atoms with Gasteiger partial charge in [-0.3, -0.25) is 4.79 Å². The number of hydrogen-bond acceptors (Lipinski definition) is 6. The van der Waals surface area contributed by atoms with Crippen molar-refractivity contribution in [1.29, 1.82) is 0 Å². The number of carbonyl (C=O) groups excluding carboxylic acids is 2. The molecular formula is C11H21NO5. The summed E-state index contributed by atoms with van der Waals surface area (Å²) in [6.45, 7) is 6.36. The molecule has 6 heteroatoms. The summed E-state index contributed by atoms with van der Waals surface area (Å²) in [5, 5.41) is 8.76. The molecule has 0 amide bonds. The lowest BCUT2D eigenvalue weighted by Gasteiger charge is -2.28. The highest BCUT2D eigenvalue weighted by molar-refractivity contribution is 5.99. The normalized spacial score (nSPS) is 14.9. The molecule has 0 aliphatic rings. The third-order valence-electron chi connectivity index (χ3n) is 2.24. The van der Waals surface area contributed by atoms with Crippen LogP contribution in [0.3, 0.4) is 0 Å². The van der Waals surface area contributed by atoms with Crippen molar-refractivity contribution in [3.8, 4) is 0 Å². The van der Waals surface area contributed by atoms with Crippen LogP contribution in [0.1, 0.15) is 40.5 Å². The van der Waals surface area contributed by atoms with Crippen molar-refractivity contribution in [3.05, 3.63) is 0 Å². The first-order valence-electron chi connectivity index (χ1n) is 5.43. The molecule has 100 valence electrons. The molecule has 0 rings (SSSR count). The van der Waals surface area contributed by atoms with Gasteiger partial charge in [-0.05, 0) is 40.5 Å². The lowest BCUT2D eigenvalue weighted by atomic mass is 9.85. The molecule has 0 radical (unpaired) electrons. The Hall–Kier alpha value is -1.14. The smallest absolute Gasteiger partial charge is 0.341 e. The number of aliphatic hydroxyl groups excluding tert-OH is 1. The average Bonchev–Trinajstić information content (AvgIpc) is 2.22. The van der Waals surface area contributed by atoms with Crippen LogP contribution in [-0.2, 0) is 19.2 Å². The van der Waals surface area contributed by atoms with Gasteiger partial charge in [0, 0.05) is 6.61 Å². The Morgan fingerprint density at radius 3 is 2.06 bits per heavy atom. The van der Waals surface area contributed by atoms with Gasteiger partial charge in [-0.2, -0.15) is 5.90 Å². The van der Waals surface area contributed by atoms with Gasteiger partial charge in [0.25, 0.3) is 0 Å². The lowest BCUT2D eigenvalue weighted by molar-refractivity contribution is -0.179. The molecule has 1 atom stereocenters. The number of aliphatic hydroxyl groups is 1. The van der Waals surface area contributed by atoms with Crippen LogP contribution in [0.2, 0.25) is 0 Å². The largest absolute Gasteiger partial charge is 0.459 e. The van der Waals surface area contributed by atoms with E-state index in [1.54, 1.807) is 20.8 Å². The zero-order chi connectivity index (χ0) is 13.7. The molecule has 0 saturated carbocycles. The van der Waals surface area contributed by atoms with Crippen LogP contribution in [0.5, 0.6) is 0 Å². The van der Waals surface area contributed by atoms with Crippen molar-refractivity contribution in [2.75, 3.05) is 6.61 Å². The first-order chi connectivity index (χ1) is 7.67. The number of carbonyl (C=O) groups is 2. The first-order valence-corrected chi connectivity index (χ1v) is 5.43. The monoisotopic (exact) mass is 247 g/mol. The van der Waals surface area contributed by atoms with Crippen LogP contribution in [0.15, 0.2) is 0 Å². The van der Waals surface area contributed by atoms with E-state index in [1.807, 2.05) is 0 Å². The van der Waals surface area contributed by atoms with E-state index in [1.165, 1.54) is 6.92 Å². The quantitative estimate of drug-likeness (QED) is 0.417. The minimum absolute atomic E-state index is 0.119. The number of rotatable bonds is 5. The van der Waals surface area contributed by atoms with Crippen molar-refractivity contribution in [2.45, 2.75) is 46.1 Å². The van der Waals surface area contributed by atoms with Crippen molar-refractivity contribution >= 4 is 11.9 Å². The fourth-order valence-corrected chi connectivity index (χ4v) is 1.24. The van der Waals surface area contributed by atoms with Gasteiger partial charge >= 0.3 is 11.9 Å². The van der Waals surface area contributed by atoms with E-state index in [0.29, 0.717) is 0 Å². The minimum atomic E-state index is -1.48. The van der Waals surface area contributed by atoms with Gasteiger partial charge in [0.1, 0.15) is 5.60 Å². The van der Waals surface area contributed by atoms with Crippen molar-refractivity contribution < 1.29 is 24.3 Å². The van der Waals surface area contributed by atoms with Gasteiger partial charge in [0.05, 0.1) is 0 Å². The Kier molecular flexibility index (Phi) is 5.57. The summed E-state index contributed by atoms with van der Waals surface area (Å²) in [6.07, 6.45) is 0.402. The standard InChI is InChI=1S/C11H21NO5/c1-10(2,3)16-8(14)11(4,6-5-7-13)9(15)17-12/h13H,5-7,12H2,1-4H3. The predicted molar refractivity (Wildman–Crippen MR) is 60.6 cm³/mol. The zero-order valence-electron chi connectivity index (χ0n) is 10.8. The second-order valence-electron chi connectivity index (χ2n) is 5.07. The van der Waals surface area contributed by atoms with Crippen LogP contribution >= 0.6 is 0 Å². The van der Waals surface area contributed by atoms with E-state index in [2.05, 4.69) is 4.84 Å². The van der Waals surface area contributed by atoms with Gasteiger partial charge < -0.3 is 14.7 Å². The predicted octanol–water partition coefficient (Wildman–Crippen LogP) is 0.524. The lowest BCUT2D eigenvalue weighted by Crippen LogP contribution is -2.43. The molecule has 0 saturated heterocycles. The van der Waals surface area contributed by atoms with E-state index in [4.69, 9.17) is 15.7 Å². The van der Waals surface area contributed by atoms with Gasteiger partial charge in [-0.25, -0.2) is 4.79 Å².